The van der Waals surface area contributed by atoms with Crippen LogP contribution >= 0.6 is 11.3 Å². The van der Waals surface area contributed by atoms with Gasteiger partial charge in [0.25, 0.3) is 0 Å². The second kappa shape index (κ2) is 13.4. The molecule has 1 heterocycles. The van der Waals surface area contributed by atoms with Crippen molar-refractivity contribution >= 4 is 65.6 Å². The van der Waals surface area contributed by atoms with Gasteiger partial charge in [0, 0.05) is 48.3 Å². The number of thiophene rings is 1. The monoisotopic (exact) mass is 820 g/mol. The van der Waals surface area contributed by atoms with Crippen molar-refractivity contribution in [2.75, 3.05) is 9.80 Å². The van der Waals surface area contributed by atoms with E-state index in [1.165, 1.54) is 111 Å². The zero-order valence-corrected chi connectivity index (χ0v) is 36.2. The molecular weight excluding hydrogens is 769 g/mol. The molecule has 1 spiro atoms. The van der Waals surface area contributed by atoms with E-state index >= 15 is 0 Å². The van der Waals surface area contributed by atoms with E-state index in [1.807, 2.05) is 11.3 Å². The predicted molar refractivity (Wildman–Crippen MR) is 259 cm³/mol. The number of hydrogen-bond acceptors (Lipinski definition) is 3. The van der Waals surface area contributed by atoms with Gasteiger partial charge in [-0.3, -0.25) is 0 Å². The number of nitrogens with zero attached hydrogens (tertiary/aromatic N) is 2. The summed E-state index contributed by atoms with van der Waals surface area (Å²) in [5.74, 6) is 3.92. The largest absolute Gasteiger partial charge is 0.310 e. The summed E-state index contributed by atoms with van der Waals surface area (Å²) in [6.45, 7) is 0. The lowest BCUT2D eigenvalue weighted by molar-refractivity contribution is -0.00518. The lowest BCUT2D eigenvalue weighted by atomic mass is 9.48. The van der Waals surface area contributed by atoms with Gasteiger partial charge in [0.1, 0.15) is 0 Å². The molecule has 7 aromatic carbocycles. The van der Waals surface area contributed by atoms with Gasteiger partial charge in [-0.2, -0.15) is 0 Å². The minimum Gasteiger partial charge on any atom is -0.310 e. The zero-order valence-electron chi connectivity index (χ0n) is 35.3. The fourth-order valence-corrected chi connectivity index (χ4v) is 16.5. The zero-order chi connectivity index (χ0) is 40.6. The minimum absolute atomic E-state index is 0.0846. The quantitative estimate of drug-likeness (QED) is 0.158. The molecular formula is C59H52N2S. The van der Waals surface area contributed by atoms with Gasteiger partial charge >= 0.3 is 0 Å². The smallest absolute Gasteiger partial charge is 0.0505 e. The molecule has 4 bridgehead atoms. The third-order valence-corrected chi connectivity index (χ3v) is 18.2. The number of rotatable bonds is 7. The van der Waals surface area contributed by atoms with Crippen molar-refractivity contribution in [2.24, 2.45) is 29.6 Å². The molecule has 1 aromatic heterocycles. The molecule has 2 nitrogen and oxygen atoms in total. The summed E-state index contributed by atoms with van der Waals surface area (Å²) in [6, 6.07) is 63.2. The highest BCUT2D eigenvalue weighted by molar-refractivity contribution is 7.25. The molecule has 5 fully saturated rings. The number of anilines is 6. The predicted octanol–water partition coefficient (Wildman–Crippen LogP) is 15.9. The topological polar surface area (TPSA) is 6.48 Å². The average Bonchev–Trinajstić information content (AvgIpc) is 4.04. The van der Waals surface area contributed by atoms with E-state index in [0.29, 0.717) is 17.3 Å². The van der Waals surface area contributed by atoms with Crippen LogP contribution in [0.15, 0.2) is 164 Å². The summed E-state index contributed by atoms with van der Waals surface area (Å²) < 4.78 is 2.72. The molecule has 7 aliphatic rings. The van der Waals surface area contributed by atoms with Crippen LogP contribution in [0.3, 0.4) is 0 Å². The molecule has 304 valence electrons. The second-order valence-corrected chi connectivity index (χ2v) is 21.3. The Bertz CT molecular complexity index is 2950. The fraction of sp³-hybridized carbons (Fsp3) is 0.288. The van der Waals surface area contributed by atoms with Gasteiger partial charge in [0.15, 0.2) is 0 Å². The van der Waals surface area contributed by atoms with E-state index in [4.69, 9.17) is 0 Å². The van der Waals surface area contributed by atoms with E-state index in [-0.39, 0.29) is 5.41 Å². The van der Waals surface area contributed by atoms with E-state index < -0.39 is 0 Å². The lowest BCUT2D eigenvalue weighted by Gasteiger charge is -2.57. The summed E-state index contributed by atoms with van der Waals surface area (Å²) in [4.78, 5) is 5.24. The number of para-hydroxylation sites is 2. The van der Waals surface area contributed by atoms with Crippen LogP contribution in [0.4, 0.5) is 34.1 Å². The highest BCUT2D eigenvalue weighted by atomic mass is 32.1. The third kappa shape index (κ3) is 5.09. The molecule has 3 atom stereocenters. The van der Waals surface area contributed by atoms with Gasteiger partial charge in [-0.25, -0.2) is 0 Å². The Kier molecular flexibility index (Phi) is 7.78. The van der Waals surface area contributed by atoms with Crippen LogP contribution in [0, 0.1) is 29.6 Å². The molecule has 7 aliphatic carbocycles. The highest BCUT2D eigenvalue weighted by Crippen LogP contribution is 2.69. The maximum Gasteiger partial charge on any atom is 0.0505 e. The lowest BCUT2D eigenvalue weighted by Crippen LogP contribution is -2.48. The first-order valence-corrected chi connectivity index (χ1v) is 24.4. The van der Waals surface area contributed by atoms with Crippen molar-refractivity contribution in [3.63, 3.8) is 0 Å². The van der Waals surface area contributed by atoms with Gasteiger partial charge in [-0.15, -0.1) is 11.3 Å². The molecule has 0 N–H and O–H groups in total. The van der Waals surface area contributed by atoms with E-state index in [0.717, 1.165) is 30.6 Å². The van der Waals surface area contributed by atoms with E-state index in [2.05, 4.69) is 174 Å². The normalized spacial score (nSPS) is 27.3. The Hall–Kier alpha value is -5.64. The average molecular weight is 821 g/mol. The molecule has 15 rings (SSSR count). The first kappa shape index (κ1) is 35.9. The van der Waals surface area contributed by atoms with Gasteiger partial charge in [-0.05, 0) is 194 Å². The van der Waals surface area contributed by atoms with Gasteiger partial charge in [-0.1, -0.05) is 97.1 Å². The summed E-state index contributed by atoms with van der Waals surface area (Å²) in [6.07, 6.45) is 13.4. The van der Waals surface area contributed by atoms with Crippen molar-refractivity contribution in [3.05, 3.63) is 192 Å². The summed E-state index contributed by atoms with van der Waals surface area (Å²) >= 11 is 1.93. The van der Waals surface area contributed by atoms with Crippen LogP contribution in [-0.4, -0.2) is 0 Å². The van der Waals surface area contributed by atoms with Crippen molar-refractivity contribution < 1.29 is 0 Å². The van der Waals surface area contributed by atoms with E-state index in [9.17, 15) is 0 Å². The maximum atomic E-state index is 2.69. The number of benzene rings is 7. The standard InChI is InChI=1S/C59H52N2S/c1-3-13-46(14-4-1)60(47-15-5-2-6-16-47)52-18-9-11-41-32-44-21-22-45-33-42-12-10-19-53(57(42)59(44,45)56(41)52)61(49-27-28-51-50-17-7-8-20-54(50)62-55(51)34-49)48-25-23-43(24-26-48)58-35-38-29-39(36-58)31-40(30-38)37-58/h1-20,23-28,34,38-40,44-45H,21-22,29-33,35-37H2. The molecule has 0 aliphatic heterocycles. The van der Waals surface area contributed by atoms with Crippen LogP contribution in [-0.2, 0) is 23.7 Å². The molecule has 0 radical (unpaired) electrons. The molecule has 0 amide bonds. The van der Waals surface area contributed by atoms with Gasteiger partial charge in [0.05, 0.1) is 11.4 Å². The van der Waals surface area contributed by atoms with Gasteiger partial charge < -0.3 is 9.80 Å². The van der Waals surface area contributed by atoms with E-state index in [1.54, 1.807) is 22.3 Å². The molecule has 62 heavy (non-hydrogen) atoms. The Balaban J connectivity index is 0.982. The SMILES string of the molecule is c1ccc(N(c2ccccc2)c2cccc3c2C24c5c(cccc5N(c5ccc(C67CC8CC(CC(C8)C6)C7)cc5)c5ccc6c(c5)sc5ccccc56)CC2CCC4C3)cc1. The Morgan fingerprint density at radius 2 is 0.935 bits per heavy atom. The van der Waals surface area contributed by atoms with Crippen molar-refractivity contribution in [3.8, 4) is 0 Å². The number of hydrogen-bond donors (Lipinski definition) is 0. The Labute approximate surface area is 369 Å². The fourth-order valence-electron chi connectivity index (χ4n) is 15.3. The van der Waals surface area contributed by atoms with Crippen LogP contribution in [0.2, 0.25) is 0 Å². The van der Waals surface area contributed by atoms with Gasteiger partial charge in [0.2, 0.25) is 0 Å². The summed E-state index contributed by atoms with van der Waals surface area (Å²) in [7, 11) is 0. The van der Waals surface area contributed by atoms with Crippen LogP contribution in [0.5, 0.6) is 0 Å². The first-order valence-electron chi connectivity index (χ1n) is 23.6. The third-order valence-electron chi connectivity index (χ3n) is 17.1. The molecule has 5 saturated carbocycles. The van der Waals surface area contributed by atoms with Crippen LogP contribution < -0.4 is 9.80 Å². The molecule has 0 saturated heterocycles. The Morgan fingerprint density at radius 3 is 1.53 bits per heavy atom. The van der Waals surface area contributed by atoms with Crippen LogP contribution in [0.1, 0.15) is 79.2 Å². The number of fused-ring (bicyclic) bond motifs is 5. The second-order valence-electron chi connectivity index (χ2n) is 20.2. The van der Waals surface area contributed by atoms with Crippen molar-refractivity contribution in [2.45, 2.75) is 75.0 Å². The molecule has 3 heteroatoms. The highest BCUT2D eigenvalue weighted by Gasteiger charge is 2.62. The Morgan fingerprint density at radius 1 is 0.435 bits per heavy atom. The van der Waals surface area contributed by atoms with Crippen LogP contribution in [0.25, 0.3) is 20.2 Å². The molecule has 8 aromatic rings. The summed E-state index contributed by atoms with van der Waals surface area (Å²) in [5, 5.41) is 2.72. The van der Waals surface area contributed by atoms with Crippen molar-refractivity contribution in [1.29, 1.82) is 0 Å². The minimum atomic E-state index is -0.0846. The van der Waals surface area contributed by atoms with Crippen molar-refractivity contribution in [1.82, 2.24) is 0 Å². The molecule has 3 unspecified atom stereocenters. The maximum absolute atomic E-state index is 2.69. The first-order chi connectivity index (χ1) is 30.6. The summed E-state index contributed by atoms with van der Waals surface area (Å²) in [5.41, 5.74) is 15.8.